The second-order valence-corrected chi connectivity index (χ2v) is 6.38. The number of urea groups is 1. The highest BCUT2D eigenvalue weighted by Crippen LogP contribution is 2.34. The standard InChI is InChI=1S/C15H27N3O3/c1-4-12-10-17(9-8-16(12)3)14(21)18-7-6-15(5-2,11-18)13(19)20/h12H,4-11H2,1-3H3,(H,19,20). The van der Waals surface area contributed by atoms with Crippen molar-refractivity contribution in [3.05, 3.63) is 0 Å². The fraction of sp³-hybridized carbons (Fsp3) is 0.867. The molecule has 6 nitrogen and oxygen atoms in total. The quantitative estimate of drug-likeness (QED) is 0.853. The Morgan fingerprint density at radius 2 is 1.90 bits per heavy atom. The van der Waals surface area contributed by atoms with Gasteiger partial charge in [0.1, 0.15) is 0 Å². The van der Waals surface area contributed by atoms with Crippen molar-refractivity contribution in [2.24, 2.45) is 5.41 Å². The molecule has 2 aliphatic rings. The number of amides is 2. The van der Waals surface area contributed by atoms with E-state index in [-0.39, 0.29) is 6.03 Å². The van der Waals surface area contributed by atoms with E-state index in [1.165, 1.54) is 0 Å². The molecule has 0 saturated carbocycles. The molecule has 2 aliphatic heterocycles. The summed E-state index contributed by atoms with van der Waals surface area (Å²) >= 11 is 0. The molecule has 120 valence electrons. The van der Waals surface area contributed by atoms with E-state index in [1.807, 2.05) is 11.8 Å². The van der Waals surface area contributed by atoms with E-state index < -0.39 is 11.4 Å². The molecule has 0 bridgehead atoms. The minimum atomic E-state index is -0.773. The summed E-state index contributed by atoms with van der Waals surface area (Å²) in [5, 5.41) is 9.43. The zero-order chi connectivity index (χ0) is 15.6. The molecular formula is C15H27N3O3. The van der Waals surface area contributed by atoms with Crippen molar-refractivity contribution in [2.45, 2.75) is 39.2 Å². The average Bonchev–Trinajstić information content (AvgIpc) is 2.93. The number of rotatable bonds is 3. The highest BCUT2D eigenvalue weighted by Gasteiger charge is 2.45. The second-order valence-electron chi connectivity index (χ2n) is 6.38. The summed E-state index contributed by atoms with van der Waals surface area (Å²) in [6.45, 7) is 7.30. The first-order valence-electron chi connectivity index (χ1n) is 7.91. The van der Waals surface area contributed by atoms with Gasteiger partial charge in [-0.2, -0.15) is 0 Å². The van der Waals surface area contributed by atoms with Crippen molar-refractivity contribution in [1.82, 2.24) is 14.7 Å². The van der Waals surface area contributed by atoms with E-state index in [0.29, 0.717) is 32.0 Å². The lowest BCUT2D eigenvalue weighted by molar-refractivity contribution is -0.148. The summed E-state index contributed by atoms with van der Waals surface area (Å²) in [5.74, 6) is -0.773. The van der Waals surface area contributed by atoms with E-state index in [2.05, 4.69) is 18.9 Å². The summed E-state index contributed by atoms with van der Waals surface area (Å²) < 4.78 is 0. The molecule has 2 rings (SSSR count). The average molecular weight is 297 g/mol. The van der Waals surface area contributed by atoms with Crippen LogP contribution in [0.15, 0.2) is 0 Å². The Kier molecular flexibility index (Phi) is 4.76. The van der Waals surface area contributed by atoms with E-state index in [9.17, 15) is 14.7 Å². The van der Waals surface area contributed by atoms with Crippen LogP contribution in [0.4, 0.5) is 4.79 Å². The topological polar surface area (TPSA) is 64.1 Å². The van der Waals surface area contributed by atoms with Crippen LogP contribution >= 0.6 is 0 Å². The van der Waals surface area contributed by atoms with Crippen LogP contribution in [0, 0.1) is 5.41 Å². The molecule has 0 aromatic carbocycles. The van der Waals surface area contributed by atoms with Crippen LogP contribution in [0.5, 0.6) is 0 Å². The van der Waals surface area contributed by atoms with Crippen LogP contribution < -0.4 is 0 Å². The monoisotopic (exact) mass is 297 g/mol. The second kappa shape index (κ2) is 6.22. The van der Waals surface area contributed by atoms with Gasteiger partial charge in [0, 0.05) is 38.8 Å². The molecule has 1 N–H and O–H groups in total. The Labute approximate surface area is 126 Å². The first-order valence-corrected chi connectivity index (χ1v) is 7.91. The molecule has 0 radical (unpaired) electrons. The first-order chi connectivity index (χ1) is 9.93. The third-order valence-electron chi connectivity index (χ3n) is 5.27. The number of likely N-dealkylation sites (N-methyl/N-ethyl adjacent to an activating group) is 1. The summed E-state index contributed by atoms with van der Waals surface area (Å²) in [6, 6.07) is 0.416. The van der Waals surface area contributed by atoms with Gasteiger partial charge in [-0.15, -0.1) is 0 Å². The van der Waals surface area contributed by atoms with Gasteiger partial charge in [0.25, 0.3) is 0 Å². The van der Waals surface area contributed by atoms with Crippen LogP contribution in [-0.2, 0) is 4.79 Å². The van der Waals surface area contributed by atoms with Crippen molar-refractivity contribution in [1.29, 1.82) is 0 Å². The van der Waals surface area contributed by atoms with Gasteiger partial charge in [-0.3, -0.25) is 9.69 Å². The summed E-state index contributed by atoms with van der Waals surface area (Å²) in [6.07, 6.45) is 2.16. The third kappa shape index (κ3) is 3.00. The maximum Gasteiger partial charge on any atom is 0.320 e. The Hall–Kier alpha value is -1.30. The molecule has 2 fully saturated rings. The predicted molar refractivity (Wildman–Crippen MR) is 80.2 cm³/mol. The Morgan fingerprint density at radius 3 is 2.43 bits per heavy atom. The summed E-state index contributed by atoms with van der Waals surface area (Å²) in [4.78, 5) is 30.0. The molecule has 21 heavy (non-hydrogen) atoms. The number of hydrogen-bond acceptors (Lipinski definition) is 3. The molecule has 2 heterocycles. The van der Waals surface area contributed by atoms with Crippen LogP contribution in [0.25, 0.3) is 0 Å². The number of nitrogens with zero attached hydrogens (tertiary/aromatic N) is 3. The zero-order valence-corrected chi connectivity index (χ0v) is 13.3. The van der Waals surface area contributed by atoms with Crippen LogP contribution in [0.3, 0.4) is 0 Å². The van der Waals surface area contributed by atoms with Gasteiger partial charge in [0.15, 0.2) is 0 Å². The SMILES string of the molecule is CCC1CN(C(=O)N2CCC(CC)(C(=O)O)C2)CCN1C. The fourth-order valence-electron chi connectivity index (χ4n) is 3.41. The lowest BCUT2D eigenvalue weighted by Gasteiger charge is -2.40. The Bertz CT molecular complexity index is 415. The highest BCUT2D eigenvalue weighted by atomic mass is 16.4. The van der Waals surface area contributed by atoms with Crippen molar-refractivity contribution in [2.75, 3.05) is 39.8 Å². The molecule has 2 saturated heterocycles. The van der Waals surface area contributed by atoms with Crippen LogP contribution in [0.2, 0.25) is 0 Å². The molecule has 2 atom stereocenters. The first kappa shape index (κ1) is 16.1. The number of hydrogen-bond donors (Lipinski definition) is 1. The molecule has 0 aromatic rings. The van der Waals surface area contributed by atoms with Gasteiger partial charge in [-0.1, -0.05) is 13.8 Å². The largest absolute Gasteiger partial charge is 0.481 e. The maximum atomic E-state index is 12.6. The minimum Gasteiger partial charge on any atom is -0.481 e. The molecule has 2 amide bonds. The number of carbonyl (C=O) groups is 2. The number of piperazine rings is 1. The smallest absolute Gasteiger partial charge is 0.320 e. The van der Waals surface area contributed by atoms with Crippen molar-refractivity contribution < 1.29 is 14.7 Å². The van der Waals surface area contributed by atoms with Crippen molar-refractivity contribution in [3.63, 3.8) is 0 Å². The number of likely N-dealkylation sites (tertiary alicyclic amines) is 1. The van der Waals surface area contributed by atoms with Gasteiger partial charge in [0.2, 0.25) is 0 Å². The third-order valence-corrected chi connectivity index (χ3v) is 5.27. The molecule has 0 spiro atoms. The predicted octanol–water partition coefficient (Wildman–Crippen LogP) is 1.32. The molecule has 0 aliphatic carbocycles. The van der Waals surface area contributed by atoms with E-state index in [1.54, 1.807) is 4.90 Å². The van der Waals surface area contributed by atoms with Crippen molar-refractivity contribution >= 4 is 12.0 Å². The lowest BCUT2D eigenvalue weighted by atomic mass is 9.84. The number of carboxylic acid groups (broad SMARTS) is 1. The Morgan fingerprint density at radius 1 is 1.19 bits per heavy atom. The number of carboxylic acids is 1. The van der Waals surface area contributed by atoms with Crippen molar-refractivity contribution in [3.8, 4) is 0 Å². The Balaban J connectivity index is 2.00. The minimum absolute atomic E-state index is 0.0122. The zero-order valence-electron chi connectivity index (χ0n) is 13.3. The van der Waals surface area contributed by atoms with Gasteiger partial charge < -0.3 is 14.9 Å². The fourth-order valence-corrected chi connectivity index (χ4v) is 3.41. The molecule has 2 unspecified atom stereocenters. The highest BCUT2D eigenvalue weighted by molar-refractivity contribution is 5.80. The normalized spacial score (nSPS) is 30.7. The van der Waals surface area contributed by atoms with Gasteiger partial charge in [0.05, 0.1) is 5.41 Å². The van der Waals surface area contributed by atoms with Crippen LogP contribution in [-0.4, -0.2) is 77.6 Å². The van der Waals surface area contributed by atoms with E-state index >= 15 is 0 Å². The molecule has 0 aromatic heterocycles. The van der Waals surface area contributed by atoms with Gasteiger partial charge in [-0.05, 0) is 26.3 Å². The molecular weight excluding hydrogens is 270 g/mol. The lowest BCUT2D eigenvalue weighted by Crippen LogP contribution is -2.56. The maximum absolute atomic E-state index is 12.6. The van der Waals surface area contributed by atoms with E-state index in [0.717, 1.165) is 26.1 Å². The van der Waals surface area contributed by atoms with Gasteiger partial charge >= 0.3 is 12.0 Å². The molecule has 6 heteroatoms. The van der Waals surface area contributed by atoms with Crippen LogP contribution in [0.1, 0.15) is 33.1 Å². The number of aliphatic carboxylic acids is 1. The van der Waals surface area contributed by atoms with E-state index in [4.69, 9.17) is 0 Å². The summed E-state index contributed by atoms with van der Waals surface area (Å²) in [5.41, 5.74) is -0.744. The number of carbonyl (C=O) groups excluding carboxylic acids is 1. The van der Waals surface area contributed by atoms with Gasteiger partial charge in [-0.25, -0.2) is 4.79 Å². The summed E-state index contributed by atoms with van der Waals surface area (Å²) in [7, 11) is 2.10.